The SMILES string of the molecule is COc1ccc(C(NN)/C2=C/CCCCCC2)c(OC)c1. The van der Waals surface area contributed by atoms with Gasteiger partial charge in [-0.2, -0.15) is 0 Å². The largest absolute Gasteiger partial charge is 0.497 e. The van der Waals surface area contributed by atoms with Gasteiger partial charge in [-0.3, -0.25) is 5.84 Å². The fourth-order valence-electron chi connectivity index (χ4n) is 2.93. The van der Waals surface area contributed by atoms with Gasteiger partial charge in [0.15, 0.2) is 0 Å². The van der Waals surface area contributed by atoms with E-state index in [1.165, 1.54) is 31.3 Å². The van der Waals surface area contributed by atoms with Crippen LogP contribution in [0, 0.1) is 0 Å². The van der Waals surface area contributed by atoms with E-state index in [4.69, 9.17) is 15.3 Å². The summed E-state index contributed by atoms with van der Waals surface area (Å²) in [6, 6.07) is 5.89. The molecule has 0 saturated heterocycles. The molecule has 0 heterocycles. The highest BCUT2D eigenvalue weighted by molar-refractivity contribution is 5.45. The van der Waals surface area contributed by atoms with Crippen LogP contribution in [0.2, 0.25) is 0 Å². The van der Waals surface area contributed by atoms with Gasteiger partial charge in [-0.15, -0.1) is 0 Å². The lowest BCUT2D eigenvalue weighted by Gasteiger charge is -2.24. The number of allylic oxidation sites excluding steroid dienone is 1. The minimum atomic E-state index is 0.00366. The van der Waals surface area contributed by atoms with Crippen LogP contribution in [-0.4, -0.2) is 14.2 Å². The van der Waals surface area contributed by atoms with E-state index in [2.05, 4.69) is 11.5 Å². The molecule has 4 nitrogen and oxygen atoms in total. The molecule has 116 valence electrons. The predicted octanol–water partition coefficient (Wildman–Crippen LogP) is 3.49. The van der Waals surface area contributed by atoms with Crippen molar-refractivity contribution in [3.63, 3.8) is 0 Å². The van der Waals surface area contributed by atoms with Crippen LogP contribution in [0.5, 0.6) is 11.5 Å². The number of methoxy groups -OCH3 is 2. The maximum atomic E-state index is 5.84. The van der Waals surface area contributed by atoms with Gasteiger partial charge in [0.05, 0.1) is 20.3 Å². The lowest BCUT2D eigenvalue weighted by atomic mass is 9.91. The molecule has 3 N–H and O–H groups in total. The van der Waals surface area contributed by atoms with Crippen molar-refractivity contribution in [2.24, 2.45) is 5.84 Å². The summed E-state index contributed by atoms with van der Waals surface area (Å²) in [5, 5.41) is 0. The van der Waals surface area contributed by atoms with E-state index in [0.717, 1.165) is 29.9 Å². The summed E-state index contributed by atoms with van der Waals surface area (Å²) in [6.45, 7) is 0. The lowest BCUT2D eigenvalue weighted by molar-refractivity contribution is 0.386. The zero-order valence-corrected chi connectivity index (χ0v) is 13.0. The van der Waals surface area contributed by atoms with Gasteiger partial charge in [0.25, 0.3) is 0 Å². The van der Waals surface area contributed by atoms with Crippen molar-refractivity contribution < 1.29 is 9.47 Å². The molecule has 1 atom stereocenters. The van der Waals surface area contributed by atoms with Gasteiger partial charge in [0.2, 0.25) is 0 Å². The molecule has 0 amide bonds. The van der Waals surface area contributed by atoms with E-state index in [1.54, 1.807) is 14.2 Å². The van der Waals surface area contributed by atoms with Crippen molar-refractivity contribution in [3.05, 3.63) is 35.4 Å². The van der Waals surface area contributed by atoms with E-state index in [9.17, 15) is 0 Å². The van der Waals surface area contributed by atoms with Crippen LogP contribution in [0.15, 0.2) is 29.8 Å². The molecule has 0 fully saturated rings. The van der Waals surface area contributed by atoms with Crippen molar-refractivity contribution >= 4 is 0 Å². The molecule has 0 aliphatic heterocycles. The summed E-state index contributed by atoms with van der Waals surface area (Å²) < 4.78 is 10.8. The second kappa shape index (κ2) is 8.05. The van der Waals surface area contributed by atoms with Gasteiger partial charge in [0.1, 0.15) is 11.5 Å². The first-order chi connectivity index (χ1) is 10.3. The maximum absolute atomic E-state index is 5.84. The molecule has 0 radical (unpaired) electrons. The Morgan fingerprint density at radius 2 is 1.90 bits per heavy atom. The van der Waals surface area contributed by atoms with E-state index >= 15 is 0 Å². The third kappa shape index (κ3) is 3.99. The van der Waals surface area contributed by atoms with Crippen LogP contribution in [0.3, 0.4) is 0 Å². The molecule has 1 aromatic rings. The molecule has 4 heteroatoms. The van der Waals surface area contributed by atoms with Crippen LogP contribution in [0.4, 0.5) is 0 Å². The Morgan fingerprint density at radius 3 is 2.62 bits per heavy atom. The number of nitrogens with one attached hydrogen (secondary N) is 1. The number of benzene rings is 1. The van der Waals surface area contributed by atoms with E-state index < -0.39 is 0 Å². The molecule has 1 unspecified atom stereocenters. The molecular formula is C17H26N2O2. The highest BCUT2D eigenvalue weighted by Crippen LogP contribution is 2.35. The standard InChI is InChI=1S/C17H26N2O2/c1-20-14-10-11-15(16(12-14)21-2)17(19-18)13-8-6-4-3-5-7-9-13/h8,10-12,17,19H,3-7,9,18H2,1-2H3/b13-8+. The Labute approximate surface area is 127 Å². The fraction of sp³-hybridized carbons (Fsp3) is 0.529. The number of ether oxygens (including phenoxy) is 2. The molecule has 0 aromatic heterocycles. The average molecular weight is 290 g/mol. The van der Waals surface area contributed by atoms with Crippen LogP contribution >= 0.6 is 0 Å². The zero-order chi connectivity index (χ0) is 15.1. The van der Waals surface area contributed by atoms with Gasteiger partial charge >= 0.3 is 0 Å². The number of rotatable bonds is 5. The zero-order valence-electron chi connectivity index (χ0n) is 13.0. The number of hydrazine groups is 1. The van der Waals surface area contributed by atoms with Gasteiger partial charge < -0.3 is 9.47 Å². The Kier molecular flexibility index (Phi) is 6.08. The van der Waals surface area contributed by atoms with Crippen LogP contribution in [0.25, 0.3) is 0 Å². The van der Waals surface area contributed by atoms with Crippen molar-refractivity contribution in [1.29, 1.82) is 0 Å². The monoisotopic (exact) mass is 290 g/mol. The third-order valence-corrected chi connectivity index (χ3v) is 4.12. The second-order valence-electron chi connectivity index (χ2n) is 5.44. The summed E-state index contributed by atoms with van der Waals surface area (Å²) in [4.78, 5) is 0. The molecule has 21 heavy (non-hydrogen) atoms. The first kappa shape index (κ1) is 15.9. The van der Waals surface area contributed by atoms with Crippen molar-refractivity contribution in [1.82, 2.24) is 5.43 Å². The molecule has 0 bridgehead atoms. The summed E-state index contributed by atoms with van der Waals surface area (Å²) >= 11 is 0. The average Bonchev–Trinajstić information content (AvgIpc) is 2.49. The van der Waals surface area contributed by atoms with E-state index in [1.807, 2.05) is 18.2 Å². The highest BCUT2D eigenvalue weighted by atomic mass is 16.5. The molecule has 0 spiro atoms. The predicted molar refractivity (Wildman–Crippen MR) is 85.4 cm³/mol. The second-order valence-corrected chi connectivity index (χ2v) is 5.44. The van der Waals surface area contributed by atoms with Gasteiger partial charge in [0, 0.05) is 11.6 Å². The van der Waals surface area contributed by atoms with E-state index in [0.29, 0.717) is 0 Å². The van der Waals surface area contributed by atoms with Gasteiger partial charge in [-0.05, 0) is 37.8 Å². The number of nitrogens with two attached hydrogens (primary N) is 1. The quantitative estimate of drug-likeness (QED) is 0.495. The fourth-order valence-corrected chi connectivity index (χ4v) is 2.93. The number of hydrogen-bond acceptors (Lipinski definition) is 4. The lowest BCUT2D eigenvalue weighted by Crippen LogP contribution is -2.30. The first-order valence-electron chi connectivity index (χ1n) is 7.67. The Balaban J connectivity index is 2.31. The van der Waals surface area contributed by atoms with Crippen LogP contribution in [-0.2, 0) is 0 Å². The van der Waals surface area contributed by atoms with Gasteiger partial charge in [-0.25, -0.2) is 5.43 Å². The van der Waals surface area contributed by atoms with E-state index in [-0.39, 0.29) is 6.04 Å². The van der Waals surface area contributed by atoms with Crippen LogP contribution < -0.4 is 20.7 Å². The maximum Gasteiger partial charge on any atom is 0.127 e. The molecule has 1 aliphatic carbocycles. The summed E-state index contributed by atoms with van der Waals surface area (Å²) in [5.41, 5.74) is 5.38. The first-order valence-corrected chi connectivity index (χ1v) is 7.67. The number of hydrogen-bond donors (Lipinski definition) is 2. The molecule has 1 aliphatic rings. The molecule has 2 rings (SSSR count). The summed E-state index contributed by atoms with van der Waals surface area (Å²) in [7, 11) is 3.34. The Morgan fingerprint density at radius 1 is 1.10 bits per heavy atom. The Bertz CT molecular complexity index is 486. The minimum Gasteiger partial charge on any atom is -0.497 e. The smallest absolute Gasteiger partial charge is 0.127 e. The highest BCUT2D eigenvalue weighted by Gasteiger charge is 2.20. The molecule has 1 aromatic carbocycles. The minimum absolute atomic E-state index is 0.00366. The molecule has 0 saturated carbocycles. The van der Waals surface area contributed by atoms with Gasteiger partial charge in [-0.1, -0.05) is 24.5 Å². The van der Waals surface area contributed by atoms with Crippen molar-refractivity contribution in [2.75, 3.05) is 14.2 Å². The topological polar surface area (TPSA) is 56.5 Å². The Hall–Kier alpha value is -1.52. The van der Waals surface area contributed by atoms with Crippen molar-refractivity contribution in [3.8, 4) is 11.5 Å². The van der Waals surface area contributed by atoms with Crippen molar-refractivity contribution in [2.45, 2.75) is 44.6 Å². The van der Waals surface area contributed by atoms with Crippen LogP contribution in [0.1, 0.15) is 50.1 Å². The third-order valence-electron chi connectivity index (χ3n) is 4.12. The normalized spacial score (nSPS) is 19.9. The summed E-state index contributed by atoms with van der Waals surface area (Å²) in [5.74, 6) is 7.44. The summed E-state index contributed by atoms with van der Waals surface area (Å²) in [6.07, 6.45) is 9.68. The molecular weight excluding hydrogens is 264 g/mol.